The summed E-state index contributed by atoms with van der Waals surface area (Å²) in [5, 5.41) is 2.93. The summed E-state index contributed by atoms with van der Waals surface area (Å²) >= 11 is 0. The average Bonchev–Trinajstić information content (AvgIpc) is 3.27. The summed E-state index contributed by atoms with van der Waals surface area (Å²) in [7, 11) is -1.68. The van der Waals surface area contributed by atoms with Crippen molar-refractivity contribution in [3.63, 3.8) is 0 Å². The molecule has 1 saturated heterocycles. The van der Waals surface area contributed by atoms with Crippen molar-refractivity contribution in [2.75, 3.05) is 30.8 Å². The molecule has 0 radical (unpaired) electrons. The van der Waals surface area contributed by atoms with Crippen LogP contribution in [0, 0.1) is 13.8 Å². The number of carbonyl (C=O) groups is 2. The van der Waals surface area contributed by atoms with Crippen LogP contribution in [0.1, 0.15) is 100 Å². The fraction of sp³-hybridized carbons (Fsp3) is 0.618. The normalized spacial score (nSPS) is 16.6. The van der Waals surface area contributed by atoms with Crippen molar-refractivity contribution in [1.29, 1.82) is 0 Å². The van der Waals surface area contributed by atoms with E-state index in [1.165, 1.54) is 10.7 Å². The molecule has 2 amide bonds. The van der Waals surface area contributed by atoms with Gasteiger partial charge in [0.2, 0.25) is 15.9 Å². The van der Waals surface area contributed by atoms with Crippen molar-refractivity contribution in [3.8, 4) is 0 Å². The second-order valence-electron chi connectivity index (χ2n) is 12.1. The zero-order chi connectivity index (χ0) is 31.5. The van der Waals surface area contributed by atoms with Crippen LogP contribution in [0.3, 0.4) is 0 Å². The number of anilines is 1. The van der Waals surface area contributed by atoms with E-state index in [1.807, 2.05) is 45.2 Å². The number of aliphatic imine (C=N–C) groups is 1. The molecule has 43 heavy (non-hydrogen) atoms. The molecule has 238 valence electrons. The maximum Gasteiger partial charge on any atom is 0.253 e. The van der Waals surface area contributed by atoms with Crippen LogP contribution >= 0.6 is 0 Å². The summed E-state index contributed by atoms with van der Waals surface area (Å²) in [4.78, 5) is 32.1. The lowest BCUT2D eigenvalue weighted by Crippen LogP contribution is -2.50. The van der Waals surface area contributed by atoms with Crippen molar-refractivity contribution in [2.24, 2.45) is 4.99 Å². The van der Waals surface area contributed by atoms with Crippen LogP contribution in [-0.4, -0.2) is 61.8 Å². The van der Waals surface area contributed by atoms with Gasteiger partial charge >= 0.3 is 0 Å². The number of aryl methyl sites for hydroxylation is 2. The number of nitrogens with zero attached hydrogens (tertiary/aromatic N) is 3. The maximum absolute atomic E-state index is 13.3. The van der Waals surface area contributed by atoms with E-state index in [0.29, 0.717) is 38.8 Å². The monoisotopic (exact) mass is 612 g/mol. The highest BCUT2D eigenvalue weighted by atomic mass is 32.2. The van der Waals surface area contributed by atoms with Crippen LogP contribution in [0.5, 0.6) is 0 Å². The number of amides is 2. The SMILES string of the molecule is C=CCCCCCCCC(=O)N(C)c1cc(C)c(CCS(=O)(=O)N2CCC3(CC2)N=C(CCCCC=C)NC3=O)c(C)c1. The Kier molecular flexibility index (Phi) is 13.2. The van der Waals surface area contributed by atoms with Crippen molar-refractivity contribution in [2.45, 2.75) is 109 Å². The molecule has 0 bridgehead atoms. The Morgan fingerprint density at radius 3 is 2.19 bits per heavy atom. The Balaban J connectivity index is 1.51. The first-order valence-electron chi connectivity index (χ1n) is 16.0. The smallest absolute Gasteiger partial charge is 0.253 e. The number of sulfonamides is 1. The molecule has 3 rings (SSSR count). The number of rotatable bonds is 18. The van der Waals surface area contributed by atoms with Crippen LogP contribution < -0.4 is 10.2 Å². The molecule has 9 heteroatoms. The van der Waals surface area contributed by atoms with Crippen LogP contribution in [0.25, 0.3) is 0 Å². The quantitative estimate of drug-likeness (QED) is 0.158. The van der Waals surface area contributed by atoms with Crippen molar-refractivity contribution in [1.82, 2.24) is 9.62 Å². The summed E-state index contributed by atoms with van der Waals surface area (Å²) < 4.78 is 28.2. The Hall–Kier alpha value is -2.78. The zero-order valence-electron chi connectivity index (χ0n) is 26.6. The molecule has 0 aromatic heterocycles. The minimum atomic E-state index is -3.50. The van der Waals surface area contributed by atoms with Gasteiger partial charge in [0.1, 0.15) is 11.4 Å². The molecule has 1 spiro atoms. The largest absolute Gasteiger partial charge is 0.315 e. The van der Waals surface area contributed by atoms with Gasteiger partial charge in [0, 0.05) is 38.7 Å². The maximum atomic E-state index is 13.3. The third-order valence-electron chi connectivity index (χ3n) is 8.90. The number of carbonyl (C=O) groups excluding carboxylic acids is 2. The van der Waals surface area contributed by atoms with Crippen molar-refractivity contribution >= 4 is 33.4 Å². The molecule has 0 aliphatic carbocycles. The summed E-state index contributed by atoms with van der Waals surface area (Å²) in [6.07, 6.45) is 15.6. The summed E-state index contributed by atoms with van der Waals surface area (Å²) in [5.41, 5.74) is 2.98. The number of piperidine rings is 1. The third kappa shape index (κ3) is 9.60. The van der Waals surface area contributed by atoms with Crippen LogP contribution in [0.15, 0.2) is 42.4 Å². The number of benzene rings is 1. The predicted molar refractivity (Wildman–Crippen MR) is 177 cm³/mol. The van der Waals surface area contributed by atoms with Crippen molar-refractivity contribution < 1.29 is 18.0 Å². The molecule has 8 nitrogen and oxygen atoms in total. The van der Waals surface area contributed by atoms with Crippen LogP contribution in [0.4, 0.5) is 5.69 Å². The standard InChI is InChI=1S/C34H52N4O4S/c1-6-8-10-12-13-14-16-18-32(39)37(5)29-25-27(3)30(28(4)26-29)19-24-43(41,42)38-22-20-34(21-23-38)33(40)35-31(36-34)17-15-11-9-7-2/h6-7,25-26H,1-2,8-24H2,3-5H3,(H,35,36,40). The molecule has 2 heterocycles. The molecule has 2 aliphatic rings. The van der Waals surface area contributed by atoms with Gasteiger partial charge < -0.3 is 10.2 Å². The van der Waals surface area contributed by atoms with Gasteiger partial charge in [-0.05, 0) is 100 Å². The zero-order valence-corrected chi connectivity index (χ0v) is 27.4. The lowest BCUT2D eigenvalue weighted by molar-refractivity contribution is -0.125. The number of unbranched alkanes of at least 4 members (excludes halogenated alkanes) is 7. The van der Waals surface area contributed by atoms with Crippen LogP contribution in [-0.2, 0) is 26.0 Å². The topological polar surface area (TPSA) is 99.2 Å². The second kappa shape index (κ2) is 16.3. The molecule has 0 saturated carbocycles. The first kappa shape index (κ1) is 34.7. The van der Waals surface area contributed by atoms with Gasteiger partial charge in [-0.25, -0.2) is 12.7 Å². The third-order valence-corrected chi connectivity index (χ3v) is 10.8. The van der Waals surface area contributed by atoms with Gasteiger partial charge in [-0.3, -0.25) is 14.6 Å². The molecule has 1 aromatic carbocycles. The Labute approximate surface area is 259 Å². The molecular formula is C34H52N4O4S. The number of hydrogen-bond acceptors (Lipinski definition) is 5. The van der Waals surface area contributed by atoms with Crippen molar-refractivity contribution in [3.05, 3.63) is 54.1 Å². The van der Waals surface area contributed by atoms with E-state index in [1.54, 1.807) is 4.90 Å². The highest BCUT2D eigenvalue weighted by Crippen LogP contribution is 2.32. The highest BCUT2D eigenvalue weighted by molar-refractivity contribution is 7.89. The van der Waals surface area contributed by atoms with E-state index in [0.717, 1.165) is 86.0 Å². The summed E-state index contributed by atoms with van der Waals surface area (Å²) in [6, 6.07) is 3.97. The number of allylic oxidation sites excluding steroid dienone is 2. The van der Waals surface area contributed by atoms with E-state index < -0.39 is 15.6 Å². The van der Waals surface area contributed by atoms with E-state index in [4.69, 9.17) is 4.99 Å². The fourth-order valence-electron chi connectivity index (χ4n) is 6.08. The molecule has 0 unspecified atom stereocenters. The molecule has 1 N–H and O–H groups in total. The molecule has 1 aromatic rings. The molecular weight excluding hydrogens is 560 g/mol. The van der Waals surface area contributed by atoms with Gasteiger partial charge in [0.15, 0.2) is 0 Å². The molecule has 0 atom stereocenters. The van der Waals surface area contributed by atoms with E-state index in [-0.39, 0.29) is 17.6 Å². The van der Waals surface area contributed by atoms with Gasteiger partial charge in [0.25, 0.3) is 5.91 Å². The van der Waals surface area contributed by atoms with Crippen LogP contribution in [0.2, 0.25) is 0 Å². The highest BCUT2D eigenvalue weighted by Gasteiger charge is 2.47. The number of nitrogens with one attached hydrogen (secondary N) is 1. The number of amidine groups is 1. The van der Waals surface area contributed by atoms with E-state index >= 15 is 0 Å². The molecule has 1 fully saturated rings. The summed E-state index contributed by atoms with van der Waals surface area (Å²) in [5.74, 6) is 0.731. The second-order valence-corrected chi connectivity index (χ2v) is 14.2. The lowest BCUT2D eigenvalue weighted by Gasteiger charge is -2.34. The Morgan fingerprint density at radius 1 is 0.977 bits per heavy atom. The number of hydrogen-bond donors (Lipinski definition) is 1. The predicted octanol–water partition coefficient (Wildman–Crippen LogP) is 6.16. The average molecular weight is 613 g/mol. The Morgan fingerprint density at radius 2 is 1.56 bits per heavy atom. The first-order valence-corrected chi connectivity index (χ1v) is 17.6. The lowest BCUT2D eigenvalue weighted by atomic mass is 9.89. The minimum absolute atomic E-state index is 0.00656. The minimum Gasteiger partial charge on any atom is -0.315 e. The van der Waals surface area contributed by atoms with Gasteiger partial charge in [0.05, 0.1) is 5.75 Å². The van der Waals surface area contributed by atoms with E-state index in [2.05, 4.69) is 18.5 Å². The Bertz CT molecular complexity index is 1260. The van der Waals surface area contributed by atoms with Gasteiger partial charge in [-0.2, -0.15) is 0 Å². The first-order chi connectivity index (χ1) is 20.5. The fourth-order valence-corrected chi connectivity index (χ4v) is 7.54. The van der Waals surface area contributed by atoms with E-state index in [9.17, 15) is 18.0 Å². The molecule has 2 aliphatic heterocycles. The van der Waals surface area contributed by atoms with Gasteiger partial charge in [-0.15, -0.1) is 13.2 Å². The summed E-state index contributed by atoms with van der Waals surface area (Å²) in [6.45, 7) is 12.0. The van der Waals surface area contributed by atoms with Gasteiger partial charge in [-0.1, -0.05) is 31.4 Å².